The number of carbonyl (C=O) groups is 1. The maximum Gasteiger partial charge on any atom is 0.252 e. The van der Waals surface area contributed by atoms with Gasteiger partial charge in [-0.2, -0.15) is 0 Å². The standard InChI is InChI=1S/C16H19BrN2O2/c1-11-15(20)14(10-19(11)2)16(21)18-8-4-6-12-5-3-7-13(17)9-12/h3,5,7,9,20H,1,4,6,8,10H2,2H3,(H,18,21). The van der Waals surface area contributed by atoms with E-state index in [4.69, 9.17) is 0 Å². The van der Waals surface area contributed by atoms with Crippen LogP contribution in [0.25, 0.3) is 0 Å². The average molecular weight is 351 g/mol. The Morgan fingerprint density at radius 1 is 1.52 bits per heavy atom. The summed E-state index contributed by atoms with van der Waals surface area (Å²) in [7, 11) is 1.80. The topological polar surface area (TPSA) is 52.6 Å². The number of benzene rings is 1. The van der Waals surface area contributed by atoms with Crippen molar-refractivity contribution in [2.75, 3.05) is 20.1 Å². The minimum Gasteiger partial charge on any atom is -0.505 e. The monoisotopic (exact) mass is 350 g/mol. The number of hydrogen-bond donors (Lipinski definition) is 2. The molecule has 5 heteroatoms. The smallest absolute Gasteiger partial charge is 0.252 e. The highest BCUT2D eigenvalue weighted by atomic mass is 79.9. The molecule has 21 heavy (non-hydrogen) atoms. The number of rotatable bonds is 5. The molecule has 2 N–H and O–H groups in total. The molecule has 0 aromatic heterocycles. The van der Waals surface area contributed by atoms with E-state index in [0.29, 0.717) is 24.4 Å². The van der Waals surface area contributed by atoms with Gasteiger partial charge >= 0.3 is 0 Å². The van der Waals surface area contributed by atoms with Crippen molar-refractivity contribution in [1.82, 2.24) is 10.2 Å². The van der Waals surface area contributed by atoms with Crippen LogP contribution in [0.5, 0.6) is 0 Å². The maximum atomic E-state index is 12.0. The molecule has 0 spiro atoms. The first-order valence-electron chi connectivity index (χ1n) is 6.84. The Labute approximate surface area is 133 Å². The van der Waals surface area contributed by atoms with E-state index in [-0.39, 0.29) is 11.7 Å². The molecule has 0 aliphatic carbocycles. The van der Waals surface area contributed by atoms with E-state index >= 15 is 0 Å². The first-order chi connectivity index (χ1) is 9.99. The second-order valence-corrected chi connectivity index (χ2v) is 6.03. The molecule has 0 radical (unpaired) electrons. The molecule has 0 bridgehead atoms. The summed E-state index contributed by atoms with van der Waals surface area (Å²) >= 11 is 3.44. The lowest BCUT2D eigenvalue weighted by Gasteiger charge is -2.11. The van der Waals surface area contributed by atoms with E-state index < -0.39 is 0 Å². The van der Waals surface area contributed by atoms with Crippen molar-refractivity contribution in [3.63, 3.8) is 0 Å². The summed E-state index contributed by atoms with van der Waals surface area (Å²) in [4.78, 5) is 13.8. The zero-order valence-electron chi connectivity index (χ0n) is 12.0. The quantitative estimate of drug-likeness (QED) is 0.802. The molecule has 1 aromatic carbocycles. The van der Waals surface area contributed by atoms with Gasteiger partial charge in [-0.15, -0.1) is 0 Å². The predicted octanol–water partition coefficient (Wildman–Crippen LogP) is 2.77. The van der Waals surface area contributed by atoms with Gasteiger partial charge in [0.2, 0.25) is 0 Å². The van der Waals surface area contributed by atoms with Crippen LogP contribution in [0.2, 0.25) is 0 Å². The Morgan fingerprint density at radius 2 is 2.29 bits per heavy atom. The third-order valence-corrected chi connectivity index (χ3v) is 4.00. The molecule has 1 aliphatic heterocycles. The second-order valence-electron chi connectivity index (χ2n) is 5.12. The van der Waals surface area contributed by atoms with Crippen LogP contribution in [0.1, 0.15) is 12.0 Å². The fourth-order valence-corrected chi connectivity index (χ4v) is 2.68. The molecule has 1 aromatic rings. The largest absolute Gasteiger partial charge is 0.505 e. The number of aliphatic hydroxyl groups is 1. The van der Waals surface area contributed by atoms with Gasteiger partial charge in [0.1, 0.15) is 5.76 Å². The van der Waals surface area contributed by atoms with Crippen molar-refractivity contribution >= 4 is 21.8 Å². The van der Waals surface area contributed by atoms with Gasteiger partial charge in [-0.1, -0.05) is 34.6 Å². The maximum absolute atomic E-state index is 12.0. The Morgan fingerprint density at radius 3 is 2.90 bits per heavy atom. The van der Waals surface area contributed by atoms with E-state index in [2.05, 4.69) is 40.0 Å². The van der Waals surface area contributed by atoms with Gasteiger partial charge in [-0.3, -0.25) is 4.79 Å². The molecule has 1 heterocycles. The summed E-state index contributed by atoms with van der Waals surface area (Å²) < 4.78 is 1.06. The van der Waals surface area contributed by atoms with Gasteiger partial charge in [0.05, 0.1) is 17.8 Å². The number of likely N-dealkylation sites (N-methyl/N-ethyl adjacent to an activating group) is 1. The molecule has 4 nitrogen and oxygen atoms in total. The highest BCUT2D eigenvalue weighted by Gasteiger charge is 2.26. The predicted molar refractivity (Wildman–Crippen MR) is 86.9 cm³/mol. The lowest BCUT2D eigenvalue weighted by Crippen LogP contribution is -2.28. The van der Waals surface area contributed by atoms with E-state index in [0.717, 1.165) is 17.3 Å². The van der Waals surface area contributed by atoms with Crippen LogP contribution in [0.15, 0.2) is 52.3 Å². The zero-order chi connectivity index (χ0) is 15.4. The SMILES string of the molecule is C=C1C(O)=C(C(=O)NCCCc2cccc(Br)c2)CN1C. The first-order valence-corrected chi connectivity index (χ1v) is 7.63. The number of aliphatic hydroxyl groups excluding tert-OH is 1. The molecular weight excluding hydrogens is 332 g/mol. The van der Waals surface area contributed by atoms with Crippen LogP contribution in [0.4, 0.5) is 0 Å². The first kappa shape index (κ1) is 15.6. The summed E-state index contributed by atoms with van der Waals surface area (Å²) in [6.07, 6.45) is 1.75. The van der Waals surface area contributed by atoms with Crippen molar-refractivity contribution < 1.29 is 9.90 Å². The summed E-state index contributed by atoms with van der Waals surface area (Å²) in [5.41, 5.74) is 2.12. The molecule has 1 aliphatic rings. The van der Waals surface area contributed by atoms with Gasteiger partial charge in [0, 0.05) is 18.1 Å². The lowest BCUT2D eigenvalue weighted by molar-refractivity contribution is -0.117. The molecule has 0 fully saturated rings. The lowest BCUT2D eigenvalue weighted by atomic mass is 10.1. The highest BCUT2D eigenvalue weighted by molar-refractivity contribution is 9.10. The van der Waals surface area contributed by atoms with Gasteiger partial charge in [0.25, 0.3) is 5.91 Å². The zero-order valence-corrected chi connectivity index (χ0v) is 13.6. The number of hydrogen-bond acceptors (Lipinski definition) is 3. The van der Waals surface area contributed by atoms with Gasteiger partial charge in [-0.25, -0.2) is 0 Å². The highest BCUT2D eigenvalue weighted by Crippen LogP contribution is 2.22. The summed E-state index contributed by atoms with van der Waals surface area (Å²) in [6, 6.07) is 8.13. The summed E-state index contributed by atoms with van der Waals surface area (Å²) in [5, 5.41) is 12.7. The Hall–Kier alpha value is -1.75. The Balaban J connectivity index is 1.79. The van der Waals surface area contributed by atoms with Crippen molar-refractivity contribution in [3.05, 3.63) is 57.9 Å². The normalized spacial score (nSPS) is 14.8. The van der Waals surface area contributed by atoms with Crippen molar-refractivity contribution in [1.29, 1.82) is 0 Å². The minimum atomic E-state index is -0.216. The van der Waals surface area contributed by atoms with E-state index in [1.165, 1.54) is 5.56 Å². The second kappa shape index (κ2) is 6.80. The molecular formula is C16H19BrN2O2. The van der Waals surface area contributed by atoms with E-state index in [9.17, 15) is 9.90 Å². The van der Waals surface area contributed by atoms with Gasteiger partial charge in [-0.05, 0) is 30.5 Å². The number of aryl methyl sites for hydroxylation is 1. The molecule has 0 unspecified atom stereocenters. The van der Waals surface area contributed by atoms with Crippen LogP contribution < -0.4 is 5.32 Å². The summed E-state index contributed by atoms with van der Waals surface area (Å²) in [6.45, 7) is 4.71. The Bertz CT molecular complexity index is 596. The Kier molecular flexibility index (Phi) is 5.07. The number of nitrogens with one attached hydrogen (secondary N) is 1. The average Bonchev–Trinajstić information content (AvgIpc) is 2.71. The number of nitrogens with zero attached hydrogens (tertiary/aromatic N) is 1. The minimum absolute atomic E-state index is 0.00184. The fourth-order valence-electron chi connectivity index (χ4n) is 2.24. The number of carbonyl (C=O) groups excluding carboxylic acids is 1. The van der Waals surface area contributed by atoms with Gasteiger partial charge in [0.15, 0.2) is 0 Å². The molecule has 0 saturated heterocycles. The molecule has 2 rings (SSSR count). The van der Waals surface area contributed by atoms with E-state index in [1.807, 2.05) is 12.1 Å². The van der Waals surface area contributed by atoms with Crippen molar-refractivity contribution in [3.8, 4) is 0 Å². The van der Waals surface area contributed by atoms with Crippen LogP contribution in [0, 0.1) is 0 Å². The van der Waals surface area contributed by atoms with Crippen molar-refractivity contribution in [2.24, 2.45) is 0 Å². The van der Waals surface area contributed by atoms with Crippen molar-refractivity contribution in [2.45, 2.75) is 12.8 Å². The van der Waals surface area contributed by atoms with Crippen LogP contribution in [0.3, 0.4) is 0 Å². The molecule has 1 amide bonds. The molecule has 0 saturated carbocycles. The third kappa shape index (κ3) is 3.88. The van der Waals surface area contributed by atoms with Crippen LogP contribution in [-0.4, -0.2) is 36.1 Å². The number of amides is 1. The van der Waals surface area contributed by atoms with Crippen LogP contribution in [-0.2, 0) is 11.2 Å². The third-order valence-electron chi connectivity index (χ3n) is 3.51. The molecule has 112 valence electrons. The van der Waals surface area contributed by atoms with Crippen LogP contribution >= 0.6 is 15.9 Å². The fraction of sp³-hybridized carbons (Fsp3) is 0.312. The number of halogens is 1. The summed E-state index contributed by atoms with van der Waals surface area (Å²) in [5.74, 6) is -0.214. The molecule has 0 atom stereocenters. The van der Waals surface area contributed by atoms with Gasteiger partial charge < -0.3 is 15.3 Å². The van der Waals surface area contributed by atoms with E-state index in [1.54, 1.807) is 11.9 Å².